The second-order valence-corrected chi connectivity index (χ2v) is 22.7. The first-order valence-corrected chi connectivity index (χ1v) is 19.4. The minimum absolute atomic E-state index is 0.904. The molecule has 1 aromatic heterocycles. The zero-order valence-corrected chi connectivity index (χ0v) is 17.8. The first-order valence-electron chi connectivity index (χ1n) is 9.39. The molecular formula is C19H32BNSn. The van der Waals surface area contributed by atoms with Crippen LogP contribution in [-0.2, 0) is 0 Å². The van der Waals surface area contributed by atoms with Crippen LogP contribution in [0.3, 0.4) is 0 Å². The van der Waals surface area contributed by atoms with Crippen LogP contribution in [0.4, 0.5) is 0 Å². The van der Waals surface area contributed by atoms with Gasteiger partial charge in [0.05, 0.1) is 0 Å². The Morgan fingerprint density at radius 1 is 1.00 bits per heavy atom. The monoisotopic (exact) mass is 405 g/mol. The molecule has 22 heavy (non-hydrogen) atoms. The van der Waals surface area contributed by atoms with E-state index in [-0.39, 0.29) is 0 Å². The van der Waals surface area contributed by atoms with Crippen molar-refractivity contribution in [3.05, 3.63) is 30.0 Å². The summed E-state index contributed by atoms with van der Waals surface area (Å²) in [6.45, 7) is 3.32. The minimum atomic E-state index is -2.17. The van der Waals surface area contributed by atoms with Gasteiger partial charge in [0.15, 0.2) is 0 Å². The van der Waals surface area contributed by atoms with Crippen LogP contribution in [0, 0.1) is 0 Å². The van der Waals surface area contributed by atoms with Crippen molar-refractivity contribution in [2.24, 2.45) is 0 Å². The molecule has 1 nitrogen and oxygen atoms in total. The fourth-order valence-electron chi connectivity index (χ4n) is 5.32. The number of hydrogen-bond acceptors (Lipinski definition) is 0. The zero-order valence-electron chi connectivity index (χ0n) is 14.9. The van der Waals surface area contributed by atoms with Crippen LogP contribution in [0.25, 0.3) is 3.71 Å². The van der Waals surface area contributed by atoms with E-state index in [0.29, 0.717) is 0 Å². The normalized spacial score (nSPS) is 26.8. The molecule has 3 rings (SSSR count). The van der Waals surface area contributed by atoms with Gasteiger partial charge in [-0.2, -0.15) is 0 Å². The molecule has 2 saturated heterocycles. The first kappa shape index (κ1) is 16.7. The summed E-state index contributed by atoms with van der Waals surface area (Å²) < 4.78 is 4.28. The van der Waals surface area contributed by atoms with Crippen LogP contribution in [0.1, 0.15) is 51.9 Å². The molecule has 0 saturated carbocycles. The SMILES string of the molecule is CC/C(B1C2CCCC1CCC2)=[C](\n1cccc1)[Sn]([CH3])([CH3])[CH3]. The molecule has 0 atom stereocenters. The van der Waals surface area contributed by atoms with Crippen LogP contribution in [0.5, 0.6) is 0 Å². The van der Waals surface area contributed by atoms with Crippen molar-refractivity contribution < 1.29 is 0 Å². The Balaban J connectivity index is 2.09. The average Bonchev–Trinajstić information content (AvgIpc) is 2.95. The predicted molar refractivity (Wildman–Crippen MR) is 102 cm³/mol. The Labute approximate surface area is 141 Å². The van der Waals surface area contributed by atoms with Gasteiger partial charge >= 0.3 is 142 Å². The van der Waals surface area contributed by atoms with Gasteiger partial charge in [-0.3, -0.25) is 0 Å². The molecule has 0 spiro atoms. The first-order chi connectivity index (χ1) is 10.5. The number of nitrogens with zero attached hydrogens (tertiary/aromatic N) is 1. The summed E-state index contributed by atoms with van der Waals surface area (Å²) >= 11 is -2.17. The molecule has 2 aliphatic heterocycles. The van der Waals surface area contributed by atoms with Crippen molar-refractivity contribution in [2.75, 3.05) is 0 Å². The van der Waals surface area contributed by atoms with Crippen molar-refractivity contribution in [1.29, 1.82) is 0 Å². The van der Waals surface area contributed by atoms with E-state index in [1.165, 1.54) is 44.9 Å². The van der Waals surface area contributed by atoms with Crippen LogP contribution < -0.4 is 0 Å². The predicted octanol–water partition coefficient (Wildman–Crippen LogP) is 6.13. The van der Waals surface area contributed by atoms with E-state index in [2.05, 4.69) is 50.8 Å². The zero-order chi connectivity index (χ0) is 15.7. The van der Waals surface area contributed by atoms with Crippen molar-refractivity contribution >= 4 is 28.8 Å². The quantitative estimate of drug-likeness (QED) is 0.533. The van der Waals surface area contributed by atoms with E-state index >= 15 is 0 Å². The van der Waals surface area contributed by atoms with Gasteiger partial charge in [-0.25, -0.2) is 0 Å². The van der Waals surface area contributed by atoms with Crippen LogP contribution >= 0.6 is 0 Å². The standard InChI is InChI=1S/C16H23BN.3CH3.Sn/c1-2-14(13-18-11-3-4-12-18)17-15-7-5-8-16(17)10-6-9-15;;;;/h3-4,11-12,15-16H,2,5-10H2,1H3;3*1H3;. The molecule has 0 amide bonds. The fourth-order valence-corrected chi connectivity index (χ4v) is 11.7. The number of fused-ring (bicyclic) bond motifs is 2. The number of allylic oxidation sites excluding steroid dienone is 1. The van der Waals surface area contributed by atoms with Gasteiger partial charge in [-0.15, -0.1) is 0 Å². The maximum absolute atomic E-state index is 2.60. The molecule has 0 aromatic carbocycles. The van der Waals surface area contributed by atoms with Gasteiger partial charge < -0.3 is 0 Å². The van der Waals surface area contributed by atoms with E-state index in [4.69, 9.17) is 0 Å². The summed E-state index contributed by atoms with van der Waals surface area (Å²) in [6.07, 6.45) is 14.8. The van der Waals surface area contributed by atoms with Gasteiger partial charge in [0.25, 0.3) is 0 Å². The van der Waals surface area contributed by atoms with E-state index in [9.17, 15) is 0 Å². The Morgan fingerprint density at radius 3 is 1.91 bits per heavy atom. The summed E-state index contributed by atoms with van der Waals surface area (Å²) in [5.41, 5.74) is 1.86. The Bertz CT molecular complexity index is 504. The van der Waals surface area contributed by atoms with Crippen LogP contribution in [0.15, 0.2) is 30.0 Å². The fraction of sp³-hybridized carbons (Fsp3) is 0.684. The van der Waals surface area contributed by atoms with E-state index < -0.39 is 18.4 Å². The molecule has 3 heterocycles. The van der Waals surface area contributed by atoms with Gasteiger partial charge in [0, 0.05) is 0 Å². The Hall–Kier alpha value is -0.116. The van der Waals surface area contributed by atoms with Crippen molar-refractivity contribution in [1.82, 2.24) is 4.57 Å². The molecule has 0 N–H and O–H groups in total. The molecule has 120 valence electrons. The van der Waals surface area contributed by atoms with Crippen molar-refractivity contribution in [3.63, 3.8) is 0 Å². The third-order valence-electron chi connectivity index (χ3n) is 5.98. The van der Waals surface area contributed by atoms with Crippen LogP contribution in [-0.4, -0.2) is 29.7 Å². The Kier molecular flexibility index (Phi) is 5.16. The molecule has 3 heteroatoms. The van der Waals surface area contributed by atoms with Gasteiger partial charge in [0.2, 0.25) is 0 Å². The van der Waals surface area contributed by atoms with E-state index in [1.807, 2.05) is 5.47 Å². The molecule has 0 unspecified atom stereocenters. The topological polar surface area (TPSA) is 4.93 Å². The molecule has 0 radical (unpaired) electrons. The third kappa shape index (κ3) is 3.23. The van der Waals surface area contributed by atoms with Crippen molar-refractivity contribution in [2.45, 2.75) is 78.3 Å². The summed E-state index contributed by atoms with van der Waals surface area (Å²) in [7, 11) is 0. The second kappa shape index (κ2) is 6.79. The van der Waals surface area contributed by atoms with Gasteiger partial charge in [-0.1, -0.05) is 0 Å². The summed E-state index contributed by atoms with van der Waals surface area (Å²) in [6, 6.07) is 4.40. The molecular weight excluding hydrogens is 372 g/mol. The molecule has 2 fully saturated rings. The molecule has 0 aliphatic carbocycles. The van der Waals surface area contributed by atoms with E-state index in [0.717, 1.165) is 18.3 Å². The maximum atomic E-state index is 2.60. The summed E-state index contributed by atoms with van der Waals surface area (Å²) in [5.74, 6) is 1.98. The number of aromatic nitrogens is 1. The second-order valence-electron chi connectivity index (χ2n) is 8.48. The average molecular weight is 404 g/mol. The Morgan fingerprint density at radius 2 is 1.50 bits per heavy atom. The van der Waals surface area contributed by atoms with Gasteiger partial charge in [-0.05, 0) is 0 Å². The molecule has 1 aromatic rings. The molecule has 2 bridgehead atoms. The van der Waals surface area contributed by atoms with Crippen molar-refractivity contribution in [3.8, 4) is 0 Å². The van der Waals surface area contributed by atoms with Crippen LogP contribution in [0.2, 0.25) is 26.5 Å². The van der Waals surface area contributed by atoms with Gasteiger partial charge in [0.1, 0.15) is 0 Å². The van der Waals surface area contributed by atoms with E-state index in [1.54, 1.807) is 3.71 Å². The number of rotatable bonds is 4. The molecule has 2 aliphatic rings. The third-order valence-corrected chi connectivity index (χ3v) is 11.7. The summed E-state index contributed by atoms with van der Waals surface area (Å²) in [4.78, 5) is 7.79. The number of hydrogen-bond donors (Lipinski definition) is 0. The summed E-state index contributed by atoms with van der Waals surface area (Å²) in [5, 5.41) is 0.